The van der Waals surface area contributed by atoms with E-state index < -0.39 is 10.0 Å². The second-order valence-corrected chi connectivity index (χ2v) is 9.02. The summed E-state index contributed by atoms with van der Waals surface area (Å²) in [4.78, 5) is 12.2. The number of carbonyl (C=O) groups is 1. The summed E-state index contributed by atoms with van der Waals surface area (Å²) < 4.78 is 22.5. The van der Waals surface area contributed by atoms with Crippen molar-refractivity contribution in [3.63, 3.8) is 0 Å². The molecule has 8 nitrogen and oxygen atoms in total. The third-order valence-electron chi connectivity index (χ3n) is 5.64. The van der Waals surface area contributed by atoms with E-state index in [1.165, 1.54) is 37.8 Å². The Hall–Kier alpha value is -2.39. The highest BCUT2D eigenvalue weighted by Crippen LogP contribution is 2.52. The number of nitrogens with zero attached hydrogens (tertiary/aromatic N) is 1. The van der Waals surface area contributed by atoms with Gasteiger partial charge in [0.05, 0.1) is 11.4 Å². The summed E-state index contributed by atoms with van der Waals surface area (Å²) >= 11 is 0. The van der Waals surface area contributed by atoms with Crippen molar-refractivity contribution in [3.05, 3.63) is 36.0 Å². The van der Waals surface area contributed by atoms with Crippen molar-refractivity contribution >= 4 is 27.4 Å². The van der Waals surface area contributed by atoms with Crippen LogP contribution in [-0.4, -0.2) is 31.1 Å². The Kier molecular flexibility index (Phi) is 4.65. The number of fused-ring (bicyclic) bond motifs is 2. The fourth-order valence-electron chi connectivity index (χ4n) is 4.35. The van der Waals surface area contributed by atoms with E-state index in [1.54, 1.807) is 12.1 Å². The van der Waals surface area contributed by atoms with Crippen molar-refractivity contribution in [1.29, 1.82) is 0 Å². The molecule has 27 heavy (non-hydrogen) atoms. The van der Waals surface area contributed by atoms with Gasteiger partial charge >= 0.3 is 0 Å². The number of hydrogen-bond donors (Lipinski definition) is 4. The zero-order valence-electron chi connectivity index (χ0n) is 14.8. The topological polar surface area (TPSA) is 130 Å². The number of rotatable bonds is 6. The molecule has 1 aromatic carbocycles. The van der Waals surface area contributed by atoms with Gasteiger partial charge in [0.15, 0.2) is 5.82 Å². The van der Waals surface area contributed by atoms with Crippen LogP contribution in [0.3, 0.4) is 0 Å². The number of H-pyrrole nitrogens is 1. The van der Waals surface area contributed by atoms with Crippen LogP contribution in [-0.2, 0) is 14.8 Å². The molecule has 1 aromatic heterocycles. The summed E-state index contributed by atoms with van der Waals surface area (Å²) in [5.74, 6) is 2.45. The van der Waals surface area contributed by atoms with Crippen molar-refractivity contribution in [2.24, 2.45) is 17.0 Å². The number of aromatic amines is 1. The molecule has 2 saturated carbocycles. The molecule has 9 heteroatoms. The van der Waals surface area contributed by atoms with Gasteiger partial charge in [-0.05, 0) is 55.4 Å². The average Bonchev–Trinajstić information content (AvgIpc) is 3.36. The summed E-state index contributed by atoms with van der Waals surface area (Å²) in [7, 11) is -3.72. The Morgan fingerprint density at radius 2 is 2.00 bits per heavy atom. The van der Waals surface area contributed by atoms with Crippen LogP contribution in [0.4, 0.5) is 11.5 Å². The van der Waals surface area contributed by atoms with Crippen molar-refractivity contribution in [3.8, 4) is 0 Å². The molecule has 0 saturated heterocycles. The lowest BCUT2D eigenvalue weighted by Crippen LogP contribution is -2.22. The first-order chi connectivity index (χ1) is 12.9. The van der Waals surface area contributed by atoms with Gasteiger partial charge in [0.25, 0.3) is 0 Å². The van der Waals surface area contributed by atoms with Gasteiger partial charge in [-0.15, -0.1) is 0 Å². The molecule has 2 aliphatic rings. The van der Waals surface area contributed by atoms with Crippen LogP contribution in [0.5, 0.6) is 0 Å². The number of nitrogens with one attached hydrogen (secondary N) is 3. The predicted molar refractivity (Wildman–Crippen MR) is 102 cm³/mol. The van der Waals surface area contributed by atoms with Crippen LogP contribution in [0.2, 0.25) is 0 Å². The standard InChI is InChI=1S/C18H23N5O3S/c19-27(25,26)14-5-3-13(4-6-14)20-10-18(24)21-17-9-16(22-23-17)15-8-11-1-2-12(15)7-11/h3-6,9,11-12,15,20H,1-2,7-8,10H2,(H2,19,25,26)(H2,21,22,23,24). The summed E-state index contributed by atoms with van der Waals surface area (Å²) in [5.41, 5.74) is 1.74. The van der Waals surface area contributed by atoms with Crippen LogP contribution in [0.25, 0.3) is 0 Å². The second kappa shape index (κ2) is 6.97. The Balaban J connectivity index is 1.30. The largest absolute Gasteiger partial charge is 0.376 e. The molecule has 0 radical (unpaired) electrons. The third-order valence-corrected chi connectivity index (χ3v) is 6.57. The Labute approximate surface area is 158 Å². The number of aromatic nitrogens is 2. The molecular formula is C18H23N5O3S. The summed E-state index contributed by atoms with van der Waals surface area (Å²) in [6, 6.07) is 7.85. The lowest BCUT2D eigenvalue weighted by molar-refractivity contribution is -0.114. The van der Waals surface area contributed by atoms with Gasteiger partial charge in [-0.2, -0.15) is 5.10 Å². The van der Waals surface area contributed by atoms with Crippen molar-refractivity contribution < 1.29 is 13.2 Å². The maximum atomic E-state index is 12.1. The Bertz CT molecular complexity index is 938. The molecule has 2 bridgehead atoms. The first-order valence-corrected chi connectivity index (χ1v) is 10.6. The van der Waals surface area contributed by atoms with Gasteiger partial charge in [-0.1, -0.05) is 6.42 Å². The summed E-state index contributed by atoms with van der Waals surface area (Å²) in [6.45, 7) is 0.0467. The van der Waals surface area contributed by atoms with Crippen LogP contribution in [0.15, 0.2) is 35.2 Å². The quantitative estimate of drug-likeness (QED) is 0.600. The fourth-order valence-corrected chi connectivity index (χ4v) is 4.86. The molecule has 2 aromatic rings. The van der Waals surface area contributed by atoms with Crippen LogP contribution in [0.1, 0.15) is 37.3 Å². The van der Waals surface area contributed by atoms with E-state index in [-0.39, 0.29) is 17.3 Å². The van der Waals surface area contributed by atoms with E-state index in [9.17, 15) is 13.2 Å². The first kappa shape index (κ1) is 18.0. The number of nitrogens with two attached hydrogens (primary N) is 1. The van der Waals surface area contributed by atoms with E-state index in [1.807, 2.05) is 6.07 Å². The van der Waals surface area contributed by atoms with E-state index in [2.05, 4.69) is 20.8 Å². The second-order valence-electron chi connectivity index (χ2n) is 7.46. The van der Waals surface area contributed by atoms with Gasteiger partial charge in [-0.25, -0.2) is 13.6 Å². The first-order valence-electron chi connectivity index (χ1n) is 9.10. The number of hydrogen-bond acceptors (Lipinski definition) is 5. The molecule has 144 valence electrons. The predicted octanol–water partition coefficient (Wildman–Crippen LogP) is 2.01. The van der Waals surface area contributed by atoms with Crippen molar-refractivity contribution in [1.82, 2.24) is 10.2 Å². The smallest absolute Gasteiger partial charge is 0.244 e. The molecule has 1 amide bonds. The number of sulfonamides is 1. The van der Waals surface area contributed by atoms with E-state index >= 15 is 0 Å². The van der Waals surface area contributed by atoms with E-state index in [0.717, 1.165) is 17.5 Å². The molecule has 3 unspecified atom stereocenters. The van der Waals surface area contributed by atoms with Gasteiger partial charge < -0.3 is 10.6 Å². The molecule has 4 rings (SSSR count). The Morgan fingerprint density at radius 3 is 2.63 bits per heavy atom. The van der Waals surface area contributed by atoms with E-state index in [4.69, 9.17) is 5.14 Å². The number of amides is 1. The average molecular weight is 389 g/mol. The molecule has 5 N–H and O–H groups in total. The molecule has 0 spiro atoms. The maximum Gasteiger partial charge on any atom is 0.244 e. The zero-order chi connectivity index (χ0) is 19.0. The van der Waals surface area contributed by atoms with Crippen molar-refractivity contribution in [2.75, 3.05) is 17.2 Å². The monoisotopic (exact) mass is 389 g/mol. The van der Waals surface area contributed by atoms with Gasteiger partial charge in [-0.3, -0.25) is 9.89 Å². The number of benzene rings is 1. The number of primary sulfonamides is 1. The molecule has 2 aliphatic carbocycles. The lowest BCUT2D eigenvalue weighted by Gasteiger charge is -2.19. The van der Waals surface area contributed by atoms with Gasteiger partial charge in [0.2, 0.25) is 15.9 Å². The van der Waals surface area contributed by atoms with Crippen LogP contribution >= 0.6 is 0 Å². The molecule has 2 fully saturated rings. The molecule has 0 aliphatic heterocycles. The fraction of sp³-hybridized carbons (Fsp3) is 0.444. The number of carbonyl (C=O) groups excluding carboxylic acids is 1. The molecule has 1 heterocycles. The highest BCUT2D eigenvalue weighted by molar-refractivity contribution is 7.89. The molecule has 3 atom stereocenters. The highest BCUT2D eigenvalue weighted by Gasteiger charge is 2.40. The summed E-state index contributed by atoms with van der Waals surface area (Å²) in [6.07, 6.45) is 5.18. The SMILES string of the molecule is NS(=O)(=O)c1ccc(NCC(=O)Nc2cc(C3CC4CCC3C4)[nH]n2)cc1. The van der Waals surface area contributed by atoms with Crippen LogP contribution < -0.4 is 15.8 Å². The minimum atomic E-state index is -3.72. The maximum absolute atomic E-state index is 12.1. The van der Waals surface area contributed by atoms with Gasteiger partial charge in [0, 0.05) is 23.4 Å². The zero-order valence-corrected chi connectivity index (χ0v) is 15.6. The lowest BCUT2D eigenvalue weighted by atomic mass is 9.86. The minimum absolute atomic E-state index is 0.0298. The normalized spacial score (nSPS) is 24.1. The summed E-state index contributed by atoms with van der Waals surface area (Å²) in [5, 5.41) is 18.1. The van der Waals surface area contributed by atoms with Gasteiger partial charge in [0.1, 0.15) is 0 Å². The van der Waals surface area contributed by atoms with Crippen LogP contribution in [0, 0.1) is 11.8 Å². The minimum Gasteiger partial charge on any atom is -0.376 e. The third kappa shape index (κ3) is 3.98. The number of anilines is 2. The van der Waals surface area contributed by atoms with Crippen molar-refractivity contribution in [2.45, 2.75) is 36.5 Å². The molecular weight excluding hydrogens is 366 g/mol. The highest BCUT2D eigenvalue weighted by atomic mass is 32.2. The van der Waals surface area contributed by atoms with E-state index in [0.29, 0.717) is 17.4 Å². The Morgan fingerprint density at radius 1 is 1.22 bits per heavy atom.